The van der Waals surface area contributed by atoms with E-state index >= 15 is 0 Å². The Balaban J connectivity index is 1.88. The molecule has 0 unspecified atom stereocenters. The third kappa shape index (κ3) is 3.02. The third-order valence-corrected chi connectivity index (χ3v) is 4.13. The molecule has 1 aliphatic rings. The van der Waals surface area contributed by atoms with E-state index in [1.807, 2.05) is 6.20 Å². The molecule has 3 rings (SSSR count). The number of carbonyl (C=O) groups excluding carboxylic acids is 2. The van der Waals surface area contributed by atoms with E-state index in [0.717, 1.165) is 5.56 Å². The zero-order chi connectivity index (χ0) is 17.3. The smallest absolute Gasteiger partial charge is 0.235 e. The van der Waals surface area contributed by atoms with E-state index in [4.69, 9.17) is 0 Å². The van der Waals surface area contributed by atoms with Gasteiger partial charge in [0.25, 0.3) is 0 Å². The number of aryl methyl sites for hydroxylation is 1. The van der Waals surface area contributed by atoms with Crippen molar-refractivity contribution < 1.29 is 14.0 Å². The number of benzene rings is 1. The lowest BCUT2D eigenvalue weighted by Crippen LogP contribution is -2.41. The van der Waals surface area contributed by atoms with Crippen molar-refractivity contribution in [1.29, 1.82) is 0 Å². The number of para-hydroxylation sites is 1. The molecule has 2 heterocycles. The number of nitrogens with one attached hydrogen (secondary N) is 1. The maximum absolute atomic E-state index is 13.8. The monoisotopic (exact) mass is 330 g/mol. The molecule has 0 spiro atoms. The van der Waals surface area contributed by atoms with Crippen molar-refractivity contribution in [3.8, 4) is 0 Å². The molecule has 24 heavy (non-hydrogen) atoms. The highest BCUT2D eigenvalue weighted by atomic mass is 19.1. The van der Waals surface area contributed by atoms with Crippen LogP contribution in [0.2, 0.25) is 0 Å². The Kier molecular flexibility index (Phi) is 4.33. The molecular weight excluding hydrogens is 311 g/mol. The Morgan fingerprint density at radius 3 is 2.83 bits per heavy atom. The van der Waals surface area contributed by atoms with Crippen LogP contribution in [0.1, 0.15) is 30.5 Å². The first-order valence-corrected chi connectivity index (χ1v) is 7.85. The van der Waals surface area contributed by atoms with E-state index < -0.39 is 11.7 Å². The molecule has 2 aromatic rings. The second-order valence-electron chi connectivity index (χ2n) is 5.86. The molecule has 126 valence electrons. The molecule has 1 aliphatic heterocycles. The van der Waals surface area contributed by atoms with Crippen molar-refractivity contribution in [3.05, 3.63) is 47.5 Å². The summed E-state index contributed by atoms with van der Waals surface area (Å²) in [6.45, 7) is 2.48. The van der Waals surface area contributed by atoms with Crippen LogP contribution in [-0.2, 0) is 23.2 Å². The van der Waals surface area contributed by atoms with E-state index in [1.54, 1.807) is 35.7 Å². The van der Waals surface area contributed by atoms with Gasteiger partial charge in [-0.1, -0.05) is 19.1 Å². The van der Waals surface area contributed by atoms with Crippen LogP contribution in [0, 0.1) is 5.82 Å². The summed E-state index contributed by atoms with van der Waals surface area (Å²) >= 11 is 0. The average molecular weight is 330 g/mol. The normalized spacial score (nSPS) is 16.6. The van der Waals surface area contributed by atoms with Gasteiger partial charge in [0, 0.05) is 38.3 Å². The standard InChI is InChI=1S/C17H19FN4O2/c1-3-15(23)22-9-11-8-21(2)20-16(11)12(10-22)17(24)19-14-7-5-4-6-13(14)18/h4-8,12H,3,9-10H2,1-2H3,(H,19,24)/t12-/m1/s1. The number of amides is 2. The molecule has 1 atom stereocenters. The fourth-order valence-corrected chi connectivity index (χ4v) is 2.95. The maximum Gasteiger partial charge on any atom is 0.235 e. The largest absolute Gasteiger partial charge is 0.337 e. The topological polar surface area (TPSA) is 67.2 Å². The van der Waals surface area contributed by atoms with Gasteiger partial charge in [-0.05, 0) is 12.1 Å². The molecule has 2 amide bonds. The Morgan fingerprint density at radius 1 is 1.38 bits per heavy atom. The number of hydrogen-bond acceptors (Lipinski definition) is 3. The van der Waals surface area contributed by atoms with E-state index in [0.29, 0.717) is 18.7 Å². The maximum atomic E-state index is 13.8. The van der Waals surface area contributed by atoms with Gasteiger partial charge in [-0.3, -0.25) is 14.3 Å². The van der Waals surface area contributed by atoms with Crippen LogP contribution >= 0.6 is 0 Å². The highest BCUT2D eigenvalue weighted by molar-refractivity contribution is 5.96. The number of anilines is 1. The van der Waals surface area contributed by atoms with Crippen molar-refractivity contribution in [1.82, 2.24) is 14.7 Å². The molecule has 7 heteroatoms. The second-order valence-corrected chi connectivity index (χ2v) is 5.86. The number of nitrogens with zero attached hydrogens (tertiary/aromatic N) is 3. The second kappa shape index (κ2) is 6.43. The average Bonchev–Trinajstić information content (AvgIpc) is 2.95. The lowest BCUT2D eigenvalue weighted by Gasteiger charge is -2.31. The van der Waals surface area contributed by atoms with Crippen LogP contribution in [0.3, 0.4) is 0 Å². The Morgan fingerprint density at radius 2 is 2.12 bits per heavy atom. The summed E-state index contributed by atoms with van der Waals surface area (Å²) in [6, 6.07) is 6.00. The first-order valence-electron chi connectivity index (χ1n) is 7.85. The minimum atomic E-state index is -0.620. The van der Waals surface area contributed by atoms with Gasteiger partial charge in [-0.25, -0.2) is 4.39 Å². The van der Waals surface area contributed by atoms with Gasteiger partial charge < -0.3 is 10.2 Å². The van der Waals surface area contributed by atoms with Crippen molar-refractivity contribution >= 4 is 17.5 Å². The lowest BCUT2D eigenvalue weighted by atomic mass is 9.95. The first kappa shape index (κ1) is 16.2. The van der Waals surface area contributed by atoms with Crippen molar-refractivity contribution in [3.63, 3.8) is 0 Å². The van der Waals surface area contributed by atoms with E-state index in [1.165, 1.54) is 12.1 Å². The predicted octanol–water partition coefficient (Wildman–Crippen LogP) is 2.03. The van der Waals surface area contributed by atoms with Crippen LogP contribution in [0.25, 0.3) is 0 Å². The van der Waals surface area contributed by atoms with Crippen LogP contribution in [-0.4, -0.2) is 33.0 Å². The van der Waals surface area contributed by atoms with E-state index in [2.05, 4.69) is 10.4 Å². The van der Waals surface area contributed by atoms with Crippen molar-refractivity contribution in [2.75, 3.05) is 11.9 Å². The van der Waals surface area contributed by atoms with Crippen LogP contribution in [0.4, 0.5) is 10.1 Å². The van der Waals surface area contributed by atoms with Gasteiger partial charge >= 0.3 is 0 Å². The van der Waals surface area contributed by atoms with Gasteiger partial charge in [0.2, 0.25) is 11.8 Å². The summed E-state index contributed by atoms with van der Waals surface area (Å²) < 4.78 is 15.4. The quantitative estimate of drug-likeness (QED) is 0.936. The number of aromatic nitrogens is 2. The number of fused-ring (bicyclic) bond motifs is 1. The van der Waals surface area contributed by atoms with E-state index in [9.17, 15) is 14.0 Å². The van der Waals surface area contributed by atoms with Crippen LogP contribution < -0.4 is 5.32 Å². The number of carbonyl (C=O) groups is 2. The van der Waals surface area contributed by atoms with Gasteiger partial charge in [-0.2, -0.15) is 5.10 Å². The highest BCUT2D eigenvalue weighted by Crippen LogP contribution is 2.29. The molecule has 0 saturated carbocycles. The third-order valence-electron chi connectivity index (χ3n) is 4.13. The number of halogens is 1. The summed E-state index contributed by atoms with van der Waals surface area (Å²) in [6.07, 6.45) is 2.19. The van der Waals surface area contributed by atoms with Gasteiger partial charge in [0.1, 0.15) is 11.7 Å². The highest BCUT2D eigenvalue weighted by Gasteiger charge is 2.35. The van der Waals surface area contributed by atoms with E-state index in [-0.39, 0.29) is 24.0 Å². The zero-order valence-electron chi connectivity index (χ0n) is 13.6. The summed E-state index contributed by atoms with van der Waals surface area (Å²) in [5.74, 6) is -1.50. The van der Waals surface area contributed by atoms with Crippen LogP contribution in [0.15, 0.2) is 30.5 Å². The molecule has 0 saturated heterocycles. The zero-order valence-corrected chi connectivity index (χ0v) is 13.6. The van der Waals surface area contributed by atoms with Gasteiger partial charge in [-0.15, -0.1) is 0 Å². The molecule has 0 fully saturated rings. The SMILES string of the molecule is CCC(=O)N1Cc2cn(C)nc2[C@H](C(=O)Nc2ccccc2F)C1. The molecular formula is C17H19FN4O2. The first-order chi connectivity index (χ1) is 11.5. The molecule has 0 bridgehead atoms. The minimum absolute atomic E-state index is 0.0202. The number of rotatable bonds is 3. The summed E-state index contributed by atoms with van der Waals surface area (Å²) in [4.78, 5) is 26.4. The summed E-state index contributed by atoms with van der Waals surface area (Å²) in [5.41, 5.74) is 1.62. The minimum Gasteiger partial charge on any atom is -0.337 e. The molecule has 6 nitrogen and oxygen atoms in total. The Hall–Kier alpha value is -2.70. The van der Waals surface area contributed by atoms with Crippen molar-refractivity contribution in [2.24, 2.45) is 7.05 Å². The Bertz CT molecular complexity index is 787. The molecule has 0 aliphatic carbocycles. The fraction of sp³-hybridized carbons (Fsp3) is 0.353. The summed E-state index contributed by atoms with van der Waals surface area (Å²) in [7, 11) is 1.77. The van der Waals surface area contributed by atoms with Crippen LogP contribution in [0.5, 0.6) is 0 Å². The predicted molar refractivity (Wildman–Crippen MR) is 86.7 cm³/mol. The number of hydrogen-bond donors (Lipinski definition) is 1. The van der Waals surface area contributed by atoms with Gasteiger partial charge in [0.05, 0.1) is 11.4 Å². The molecule has 1 aromatic heterocycles. The lowest BCUT2D eigenvalue weighted by molar-refractivity contribution is -0.132. The van der Waals surface area contributed by atoms with Gasteiger partial charge in [0.15, 0.2) is 0 Å². The fourth-order valence-electron chi connectivity index (χ4n) is 2.95. The molecule has 1 N–H and O–H groups in total. The van der Waals surface area contributed by atoms with Crippen molar-refractivity contribution in [2.45, 2.75) is 25.8 Å². The Labute approximate surface area is 139 Å². The molecule has 0 radical (unpaired) electrons. The molecule has 1 aromatic carbocycles. The summed E-state index contributed by atoms with van der Waals surface area (Å²) in [5, 5.41) is 6.97.